The minimum Gasteiger partial charge on any atom is -0.504 e. The van der Waals surface area contributed by atoms with Crippen LogP contribution in [0, 0.1) is 6.92 Å². The molecule has 1 aromatic heterocycles. The van der Waals surface area contributed by atoms with E-state index in [1.165, 1.54) is 0 Å². The van der Waals surface area contributed by atoms with Crippen LogP contribution in [0.5, 0.6) is 11.5 Å². The van der Waals surface area contributed by atoms with Gasteiger partial charge in [-0.25, -0.2) is 4.98 Å². The Morgan fingerprint density at radius 3 is 2.58 bits per heavy atom. The molecule has 0 saturated heterocycles. The molecule has 2 aromatic carbocycles. The second-order valence-corrected chi connectivity index (χ2v) is 8.42. The number of rotatable bonds is 7. The number of methoxy groups -OCH3 is 1. The molecule has 2 N–H and O–H groups in total. The molecule has 2 heterocycles. The highest BCUT2D eigenvalue weighted by Gasteiger charge is 2.31. The zero-order valence-electron chi connectivity index (χ0n) is 19.8. The van der Waals surface area contributed by atoms with Crippen LogP contribution in [0.25, 0.3) is 0 Å². The summed E-state index contributed by atoms with van der Waals surface area (Å²) < 4.78 is 5.35. The van der Waals surface area contributed by atoms with Gasteiger partial charge in [0.15, 0.2) is 11.5 Å². The summed E-state index contributed by atoms with van der Waals surface area (Å²) in [5.74, 6) is 0.665. The van der Waals surface area contributed by atoms with Crippen LogP contribution in [0.4, 0.5) is 0 Å². The molecule has 7 nitrogen and oxygen atoms in total. The molecule has 0 radical (unpaired) electrons. The van der Waals surface area contributed by atoms with Gasteiger partial charge in [-0.3, -0.25) is 9.69 Å². The van der Waals surface area contributed by atoms with Crippen LogP contribution < -0.4 is 4.74 Å². The Balaban J connectivity index is 1.73. The second kappa shape index (κ2) is 9.67. The smallest absolute Gasteiger partial charge is 0.253 e. The van der Waals surface area contributed by atoms with Gasteiger partial charge < -0.3 is 19.7 Å². The first-order valence-electron chi connectivity index (χ1n) is 11.5. The molecule has 0 bridgehead atoms. The summed E-state index contributed by atoms with van der Waals surface area (Å²) in [5.41, 5.74) is 6.03. The van der Waals surface area contributed by atoms with E-state index < -0.39 is 0 Å². The lowest BCUT2D eigenvalue weighted by Gasteiger charge is -2.38. The number of phenolic OH excluding ortho intramolecular Hbond substituents is 1. The number of hydrogen-bond acceptors (Lipinski definition) is 5. The Bertz CT molecular complexity index is 1120. The number of hydrogen-bond donors (Lipinski definition) is 2. The van der Waals surface area contributed by atoms with E-state index >= 15 is 0 Å². The number of aromatic amines is 1. The van der Waals surface area contributed by atoms with E-state index in [1.807, 2.05) is 62.1 Å². The van der Waals surface area contributed by atoms with E-state index in [9.17, 15) is 9.90 Å². The molecular weight excluding hydrogens is 416 g/mol. The second-order valence-electron chi connectivity index (χ2n) is 8.42. The van der Waals surface area contributed by atoms with Crippen LogP contribution in [0.1, 0.15) is 58.3 Å². The fourth-order valence-corrected chi connectivity index (χ4v) is 4.65. The summed E-state index contributed by atoms with van der Waals surface area (Å²) in [5, 5.41) is 10.5. The predicted molar refractivity (Wildman–Crippen MR) is 128 cm³/mol. The van der Waals surface area contributed by atoms with Gasteiger partial charge in [0.2, 0.25) is 0 Å². The molecule has 1 amide bonds. The summed E-state index contributed by atoms with van der Waals surface area (Å²) in [6.07, 6.45) is 2.58. The number of H-pyrrole nitrogens is 1. The molecule has 4 rings (SSSR count). The van der Waals surface area contributed by atoms with Gasteiger partial charge in [0.1, 0.15) is 0 Å². The number of carbonyl (C=O) groups is 1. The maximum atomic E-state index is 12.8. The third-order valence-corrected chi connectivity index (χ3v) is 6.58. The Hall–Kier alpha value is -3.32. The quantitative estimate of drug-likeness (QED) is 0.570. The number of fused-ring (bicyclic) bond motifs is 1. The van der Waals surface area contributed by atoms with Crippen molar-refractivity contribution in [3.63, 3.8) is 0 Å². The maximum Gasteiger partial charge on any atom is 0.253 e. The third kappa shape index (κ3) is 4.46. The SMILES string of the molecule is CCN(CC)C(=O)c1ccc(C2c3cc(O)c(OC)cc3CCN2Cc2nc[nH]c2C)cc1. The monoisotopic (exact) mass is 448 g/mol. The Morgan fingerprint density at radius 1 is 1.24 bits per heavy atom. The van der Waals surface area contributed by atoms with Gasteiger partial charge >= 0.3 is 0 Å². The normalized spacial score (nSPS) is 15.8. The number of aromatic hydroxyl groups is 1. The lowest BCUT2D eigenvalue weighted by atomic mass is 9.87. The molecule has 0 spiro atoms. The van der Waals surface area contributed by atoms with Crippen LogP contribution >= 0.6 is 0 Å². The van der Waals surface area contributed by atoms with Crippen molar-refractivity contribution in [2.45, 2.75) is 39.8 Å². The summed E-state index contributed by atoms with van der Waals surface area (Å²) in [4.78, 5) is 24.6. The number of amides is 1. The Kier molecular flexibility index (Phi) is 6.70. The van der Waals surface area contributed by atoms with Gasteiger partial charge in [0, 0.05) is 37.4 Å². The number of aromatic nitrogens is 2. The number of carbonyl (C=O) groups excluding carboxylic acids is 1. The molecule has 0 fully saturated rings. The van der Waals surface area contributed by atoms with E-state index in [0.29, 0.717) is 30.9 Å². The van der Waals surface area contributed by atoms with Crippen molar-refractivity contribution in [3.8, 4) is 11.5 Å². The molecule has 1 aliphatic rings. The van der Waals surface area contributed by atoms with Crippen molar-refractivity contribution in [3.05, 3.63) is 76.4 Å². The molecule has 0 aliphatic carbocycles. The topological polar surface area (TPSA) is 81.7 Å². The zero-order chi connectivity index (χ0) is 23.5. The molecule has 7 heteroatoms. The van der Waals surface area contributed by atoms with E-state index in [2.05, 4.69) is 14.9 Å². The van der Waals surface area contributed by atoms with Crippen LogP contribution in [0.2, 0.25) is 0 Å². The standard InChI is InChI=1S/C26H32N4O3/c1-5-29(6-2)26(32)19-9-7-18(8-10-19)25-21-14-23(31)24(33-4)13-20(21)11-12-30(25)15-22-17(3)27-16-28-22/h7-10,13-14,16,25,31H,5-6,11-12,15H2,1-4H3,(H,27,28). The van der Waals surface area contributed by atoms with Crippen LogP contribution in [-0.2, 0) is 13.0 Å². The summed E-state index contributed by atoms with van der Waals surface area (Å²) >= 11 is 0. The highest BCUT2D eigenvalue weighted by molar-refractivity contribution is 5.94. The fraction of sp³-hybridized carbons (Fsp3) is 0.385. The van der Waals surface area contributed by atoms with Crippen LogP contribution in [0.15, 0.2) is 42.7 Å². The first-order chi connectivity index (χ1) is 16.0. The summed E-state index contributed by atoms with van der Waals surface area (Å²) in [6.45, 7) is 8.91. The lowest BCUT2D eigenvalue weighted by molar-refractivity contribution is 0.0773. The van der Waals surface area contributed by atoms with E-state index in [-0.39, 0.29) is 17.7 Å². The molecule has 1 unspecified atom stereocenters. The molecule has 1 atom stereocenters. The highest BCUT2D eigenvalue weighted by atomic mass is 16.5. The number of nitrogens with zero attached hydrogens (tertiary/aromatic N) is 3. The van der Waals surface area contributed by atoms with Crippen molar-refractivity contribution in [1.82, 2.24) is 19.8 Å². The van der Waals surface area contributed by atoms with Crippen molar-refractivity contribution < 1.29 is 14.6 Å². The van der Waals surface area contributed by atoms with Crippen molar-refractivity contribution >= 4 is 5.91 Å². The Labute approximate surface area is 195 Å². The number of nitrogens with one attached hydrogen (secondary N) is 1. The zero-order valence-corrected chi connectivity index (χ0v) is 19.8. The van der Waals surface area contributed by atoms with Gasteiger partial charge in [-0.05, 0) is 68.1 Å². The van der Waals surface area contributed by atoms with Crippen molar-refractivity contribution in [2.75, 3.05) is 26.7 Å². The average molecular weight is 449 g/mol. The van der Waals surface area contributed by atoms with E-state index in [4.69, 9.17) is 4.74 Å². The number of ether oxygens (including phenoxy) is 1. The third-order valence-electron chi connectivity index (χ3n) is 6.58. The van der Waals surface area contributed by atoms with Gasteiger partial charge in [-0.15, -0.1) is 0 Å². The van der Waals surface area contributed by atoms with Gasteiger partial charge in [-0.2, -0.15) is 0 Å². The number of aryl methyl sites for hydroxylation is 1. The minimum atomic E-state index is -0.0701. The highest BCUT2D eigenvalue weighted by Crippen LogP contribution is 2.41. The number of benzene rings is 2. The van der Waals surface area contributed by atoms with E-state index in [1.54, 1.807) is 13.4 Å². The molecule has 1 aliphatic heterocycles. The van der Waals surface area contributed by atoms with Crippen LogP contribution in [-0.4, -0.2) is 57.5 Å². The fourth-order valence-electron chi connectivity index (χ4n) is 4.65. The lowest BCUT2D eigenvalue weighted by Crippen LogP contribution is -2.36. The first kappa shape index (κ1) is 22.9. The van der Waals surface area contributed by atoms with Gasteiger partial charge in [0.05, 0.1) is 25.2 Å². The number of phenols is 1. The van der Waals surface area contributed by atoms with Crippen molar-refractivity contribution in [1.29, 1.82) is 0 Å². The maximum absolute atomic E-state index is 12.8. The van der Waals surface area contributed by atoms with Crippen molar-refractivity contribution in [2.24, 2.45) is 0 Å². The molecular formula is C26H32N4O3. The largest absolute Gasteiger partial charge is 0.504 e. The first-order valence-corrected chi connectivity index (χ1v) is 11.5. The predicted octanol–water partition coefficient (Wildman–Crippen LogP) is 4.06. The average Bonchev–Trinajstić information content (AvgIpc) is 3.23. The molecule has 174 valence electrons. The number of imidazole rings is 1. The summed E-state index contributed by atoms with van der Waals surface area (Å²) in [7, 11) is 1.57. The van der Waals surface area contributed by atoms with Gasteiger partial charge in [-0.1, -0.05) is 12.1 Å². The molecule has 3 aromatic rings. The minimum absolute atomic E-state index is 0.0435. The molecule has 33 heavy (non-hydrogen) atoms. The summed E-state index contributed by atoms with van der Waals surface area (Å²) in [6, 6.07) is 11.6. The van der Waals surface area contributed by atoms with Crippen LogP contribution in [0.3, 0.4) is 0 Å². The van der Waals surface area contributed by atoms with E-state index in [0.717, 1.165) is 41.0 Å². The Morgan fingerprint density at radius 2 is 1.97 bits per heavy atom. The van der Waals surface area contributed by atoms with Gasteiger partial charge in [0.25, 0.3) is 5.91 Å². The molecule has 0 saturated carbocycles.